The van der Waals surface area contributed by atoms with Crippen LogP contribution in [0.25, 0.3) is 0 Å². The highest BCUT2D eigenvalue weighted by Gasteiger charge is 2.31. The van der Waals surface area contributed by atoms with Crippen molar-refractivity contribution in [1.29, 1.82) is 0 Å². The van der Waals surface area contributed by atoms with Crippen LogP contribution in [-0.2, 0) is 11.3 Å². The second kappa shape index (κ2) is 8.98. The number of carbonyl (C=O) groups is 1. The van der Waals surface area contributed by atoms with Gasteiger partial charge in [0.15, 0.2) is 0 Å². The fourth-order valence-corrected chi connectivity index (χ4v) is 4.13. The first-order valence-electron chi connectivity index (χ1n) is 9.94. The van der Waals surface area contributed by atoms with E-state index in [1.165, 1.54) is 11.1 Å². The van der Waals surface area contributed by atoms with Crippen LogP contribution in [-0.4, -0.2) is 78.1 Å². The highest BCUT2D eigenvalue weighted by atomic mass is 16.3. The van der Waals surface area contributed by atoms with Crippen LogP contribution in [0.4, 0.5) is 0 Å². The van der Waals surface area contributed by atoms with E-state index in [2.05, 4.69) is 47.9 Å². The van der Waals surface area contributed by atoms with Gasteiger partial charge in [-0.25, -0.2) is 0 Å². The van der Waals surface area contributed by atoms with Crippen LogP contribution in [0, 0.1) is 18.8 Å². The molecule has 0 bridgehead atoms. The van der Waals surface area contributed by atoms with E-state index in [0.717, 1.165) is 52.2 Å². The van der Waals surface area contributed by atoms with Crippen LogP contribution in [0.15, 0.2) is 24.3 Å². The Kier molecular flexibility index (Phi) is 6.68. The molecule has 0 unspecified atom stereocenters. The first-order chi connectivity index (χ1) is 12.5. The minimum Gasteiger partial charge on any atom is -0.396 e. The molecular weight excluding hydrogens is 326 g/mol. The van der Waals surface area contributed by atoms with Crippen LogP contribution in [0.2, 0.25) is 0 Å². The van der Waals surface area contributed by atoms with Crippen molar-refractivity contribution >= 4 is 5.91 Å². The molecule has 1 aromatic carbocycles. The number of nitrogens with zero attached hydrogens (tertiary/aromatic N) is 3. The highest BCUT2D eigenvalue weighted by molar-refractivity contribution is 5.78. The van der Waals surface area contributed by atoms with E-state index in [9.17, 15) is 9.90 Å². The van der Waals surface area contributed by atoms with Gasteiger partial charge in [0, 0.05) is 52.4 Å². The molecule has 144 valence electrons. The summed E-state index contributed by atoms with van der Waals surface area (Å²) >= 11 is 0. The summed E-state index contributed by atoms with van der Waals surface area (Å²) in [4.78, 5) is 19.4. The first-order valence-corrected chi connectivity index (χ1v) is 9.94. The van der Waals surface area contributed by atoms with Crippen LogP contribution in [0.1, 0.15) is 24.5 Å². The molecule has 0 radical (unpaired) electrons. The van der Waals surface area contributed by atoms with Crippen LogP contribution < -0.4 is 0 Å². The predicted molar refractivity (Wildman–Crippen MR) is 104 cm³/mol. The van der Waals surface area contributed by atoms with Crippen LogP contribution >= 0.6 is 0 Å². The highest BCUT2D eigenvalue weighted by Crippen LogP contribution is 2.22. The smallest absolute Gasteiger partial charge is 0.236 e. The monoisotopic (exact) mass is 359 g/mol. The van der Waals surface area contributed by atoms with Crippen molar-refractivity contribution in [1.82, 2.24) is 14.7 Å². The molecule has 2 aliphatic rings. The molecule has 0 aliphatic carbocycles. The zero-order chi connectivity index (χ0) is 18.5. The molecule has 0 spiro atoms. The quantitative estimate of drug-likeness (QED) is 0.867. The Morgan fingerprint density at radius 2 is 1.85 bits per heavy atom. The maximum absolute atomic E-state index is 12.7. The van der Waals surface area contributed by atoms with Gasteiger partial charge in [-0.3, -0.25) is 14.6 Å². The summed E-state index contributed by atoms with van der Waals surface area (Å²) in [5, 5.41) is 9.41. The van der Waals surface area contributed by atoms with Gasteiger partial charge in [0.2, 0.25) is 5.91 Å². The van der Waals surface area contributed by atoms with Gasteiger partial charge in [-0.1, -0.05) is 36.8 Å². The molecule has 5 nitrogen and oxygen atoms in total. The predicted octanol–water partition coefficient (Wildman–Crippen LogP) is 1.59. The van der Waals surface area contributed by atoms with E-state index in [-0.39, 0.29) is 12.5 Å². The molecule has 5 heteroatoms. The van der Waals surface area contributed by atoms with E-state index in [0.29, 0.717) is 18.4 Å². The van der Waals surface area contributed by atoms with Gasteiger partial charge in [-0.15, -0.1) is 0 Å². The molecule has 2 saturated heterocycles. The lowest BCUT2D eigenvalue weighted by Crippen LogP contribution is -2.41. The first kappa shape index (κ1) is 19.3. The largest absolute Gasteiger partial charge is 0.396 e. The average molecular weight is 360 g/mol. The van der Waals surface area contributed by atoms with Gasteiger partial charge in [-0.2, -0.15) is 0 Å². The Balaban J connectivity index is 1.47. The molecule has 0 saturated carbocycles. The SMILES string of the molecule is Cc1ccc(CN2CCCN(C(=O)CN3C[C@@H](CO)[C@H](C)C3)CC2)cc1. The Bertz CT molecular complexity index is 589. The lowest BCUT2D eigenvalue weighted by atomic mass is 10.00. The lowest BCUT2D eigenvalue weighted by Gasteiger charge is -2.24. The molecule has 2 fully saturated rings. The maximum atomic E-state index is 12.7. The normalized spacial score (nSPS) is 25.4. The van der Waals surface area contributed by atoms with E-state index in [4.69, 9.17) is 0 Å². The molecule has 0 aromatic heterocycles. The lowest BCUT2D eigenvalue weighted by molar-refractivity contribution is -0.132. The third kappa shape index (κ3) is 5.06. The van der Waals surface area contributed by atoms with Gasteiger partial charge in [0.25, 0.3) is 0 Å². The molecular formula is C21H33N3O2. The van der Waals surface area contributed by atoms with Crippen molar-refractivity contribution in [2.75, 3.05) is 52.4 Å². The number of aryl methyl sites for hydroxylation is 1. The number of aliphatic hydroxyl groups excluding tert-OH is 1. The van der Waals surface area contributed by atoms with Crippen molar-refractivity contribution in [3.05, 3.63) is 35.4 Å². The molecule has 26 heavy (non-hydrogen) atoms. The van der Waals surface area contributed by atoms with Gasteiger partial charge < -0.3 is 10.0 Å². The number of likely N-dealkylation sites (tertiary alicyclic amines) is 1. The number of carbonyl (C=O) groups excluding carboxylic acids is 1. The van der Waals surface area contributed by atoms with E-state index >= 15 is 0 Å². The second-order valence-electron chi connectivity index (χ2n) is 8.11. The topological polar surface area (TPSA) is 47.0 Å². The van der Waals surface area contributed by atoms with Crippen LogP contribution in [0.3, 0.4) is 0 Å². The summed E-state index contributed by atoms with van der Waals surface area (Å²) in [5.41, 5.74) is 2.64. The van der Waals surface area contributed by atoms with Gasteiger partial charge in [-0.05, 0) is 30.7 Å². The zero-order valence-corrected chi connectivity index (χ0v) is 16.2. The van der Waals surface area contributed by atoms with Crippen molar-refractivity contribution < 1.29 is 9.90 Å². The maximum Gasteiger partial charge on any atom is 0.236 e. The van der Waals surface area contributed by atoms with E-state index in [1.54, 1.807) is 0 Å². The third-order valence-corrected chi connectivity index (χ3v) is 5.91. The minimum atomic E-state index is 0.226. The number of aliphatic hydroxyl groups is 1. The fraction of sp³-hybridized carbons (Fsp3) is 0.667. The summed E-state index contributed by atoms with van der Waals surface area (Å²) in [5.74, 6) is 1.03. The molecule has 1 N–H and O–H groups in total. The molecule has 3 rings (SSSR count). The molecule has 2 heterocycles. The number of rotatable bonds is 5. The fourth-order valence-electron chi connectivity index (χ4n) is 4.13. The summed E-state index contributed by atoms with van der Waals surface area (Å²) in [6, 6.07) is 8.74. The minimum absolute atomic E-state index is 0.226. The van der Waals surface area contributed by atoms with Crippen molar-refractivity contribution in [2.24, 2.45) is 11.8 Å². The van der Waals surface area contributed by atoms with E-state index < -0.39 is 0 Å². The van der Waals surface area contributed by atoms with Crippen molar-refractivity contribution in [3.63, 3.8) is 0 Å². The van der Waals surface area contributed by atoms with Gasteiger partial charge in [0.1, 0.15) is 0 Å². The Hall–Kier alpha value is -1.43. The third-order valence-electron chi connectivity index (χ3n) is 5.91. The molecule has 2 aliphatic heterocycles. The van der Waals surface area contributed by atoms with Gasteiger partial charge >= 0.3 is 0 Å². The summed E-state index contributed by atoms with van der Waals surface area (Å²) < 4.78 is 0. The Morgan fingerprint density at radius 1 is 1.08 bits per heavy atom. The number of amides is 1. The summed E-state index contributed by atoms with van der Waals surface area (Å²) in [6.45, 7) is 11.4. The van der Waals surface area contributed by atoms with Crippen LogP contribution in [0.5, 0.6) is 0 Å². The number of hydrogen-bond donors (Lipinski definition) is 1. The van der Waals surface area contributed by atoms with Crippen molar-refractivity contribution in [3.8, 4) is 0 Å². The van der Waals surface area contributed by atoms with Gasteiger partial charge in [0.05, 0.1) is 6.54 Å². The summed E-state index contributed by atoms with van der Waals surface area (Å²) in [7, 11) is 0. The Morgan fingerprint density at radius 3 is 2.54 bits per heavy atom. The summed E-state index contributed by atoms with van der Waals surface area (Å²) in [6.07, 6.45) is 1.03. The number of hydrogen-bond acceptors (Lipinski definition) is 4. The second-order valence-corrected chi connectivity index (χ2v) is 8.11. The number of benzene rings is 1. The molecule has 2 atom stereocenters. The zero-order valence-electron chi connectivity index (χ0n) is 16.2. The Labute approximate surface area is 157 Å². The van der Waals surface area contributed by atoms with Crippen molar-refractivity contribution in [2.45, 2.75) is 26.8 Å². The standard InChI is InChI=1S/C21H33N3O2/c1-17-4-6-19(7-5-17)13-22-8-3-9-24(11-10-22)21(26)15-23-12-18(2)20(14-23)16-25/h4-7,18,20,25H,3,8-16H2,1-2H3/t18-,20+/m1/s1. The van der Waals surface area contributed by atoms with E-state index in [1.807, 2.05) is 4.90 Å². The molecule has 1 aromatic rings. The molecule has 1 amide bonds. The average Bonchev–Trinajstić information content (AvgIpc) is 2.82.